The van der Waals surface area contributed by atoms with Gasteiger partial charge in [0.25, 0.3) is 0 Å². The van der Waals surface area contributed by atoms with Crippen molar-refractivity contribution in [3.63, 3.8) is 0 Å². The van der Waals surface area contributed by atoms with E-state index in [1.165, 1.54) is 4.80 Å². The predicted molar refractivity (Wildman–Crippen MR) is 75.4 cm³/mol. The molecule has 0 amide bonds. The maximum atomic E-state index is 12.1. The molecule has 1 saturated carbocycles. The first-order valence-electron chi connectivity index (χ1n) is 6.82. The smallest absolute Gasteiger partial charge is 0.204 e. The van der Waals surface area contributed by atoms with Crippen LogP contribution in [0.2, 0.25) is 5.02 Å². The molecule has 1 unspecified atom stereocenters. The van der Waals surface area contributed by atoms with Gasteiger partial charge in [0.15, 0.2) is 5.78 Å². The number of aromatic nitrogens is 4. The Morgan fingerprint density at radius 2 is 1.95 bits per heavy atom. The summed E-state index contributed by atoms with van der Waals surface area (Å²) in [5, 5.41) is 13.1. The van der Waals surface area contributed by atoms with E-state index >= 15 is 0 Å². The third-order valence-corrected chi connectivity index (χ3v) is 3.83. The quantitative estimate of drug-likeness (QED) is 0.798. The zero-order valence-corrected chi connectivity index (χ0v) is 11.8. The molecule has 104 valence electrons. The molecule has 1 aliphatic rings. The van der Waals surface area contributed by atoms with Crippen molar-refractivity contribution >= 4 is 17.4 Å². The molecule has 6 heteroatoms. The van der Waals surface area contributed by atoms with Crippen LogP contribution in [0.1, 0.15) is 38.1 Å². The first-order chi connectivity index (χ1) is 9.74. The number of tetrazole rings is 1. The second-order valence-electron chi connectivity index (χ2n) is 5.02. The van der Waals surface area contributed by atoms with Crippen LogP contribution in [-0.2, 0) is 4.79 Å². The van der Waals surface area contributed by atoms with Gasteiger partial charge in [-0.3, -0.25) is 4.79 Å². The highest BCUT2D eigenvalue weighted by atomic mass is 35.5. The van der Waals surface area contributed by atoms with Crippen molar-refractivity contribution in [1.29, 1.82) is 0 Å². The normalized spacial score (nSPS) is 19.9. The molecular formula is C14H15ClN4O. The predicted octanol–water partition coefficient (Wildman–Crippen LogP) is 3.07. The zero-order chi connectivity index (χ0) is 13.9. The van der Waals surface area contributed by atoms with E-state index in [0.29, 0.717) is 17.3 Å². The monoisotopic (exact) mass is 290 g/mol. The largest absolute Gasteiger partial charge is 0.297 e. The number of benzene rings is 1. The van der Waals surface area contributed by atoms with Gasteiger partial charge in [-0.25, -0.2) is 0 Å². The summed E-state index contributed by atoms with van der Waals surface area (Å²) in [4.78, 5) is 13.5. The highest BCUT2D eigenvalue weighted by molar-refractivity contribution is 6.30. The Labute approximate surface area is 121 Å². The lowest BCUT2D eigenvalue weighted by Crippen LogP contribution is -2.20. The van der Waals surface area contributed by atoms with Gasteiger partial charge >= 0.3 is 0 Å². The number of Topliss-reactive ketones (excluding diaryl/α,β-unsaturated/α-hetero) is 1. The van der Waals surface area contributed by atoms with E-state index < -0.39 is 0 Å². The summed E-state index contributed by atoms with van der Waals surface area (Å²) in [6.45, 7) is 0. The number of hydrogen-bond acceptors (Lipinski definition) is 4. The van der Waals surface area contributed by atoms with Gasteiger partial charge in [-0.15, -0.1) is 10.2 Å². The van der Waals surface area contributed by atoms with Gasteiger partial charge in [-0.1, -0.05) is 24.4 Å². The molecule has 0 radical (unpaired) electrons. The Morgan fingerprint density at radius 1 is 1.15 bits per heavy atom. The van der Waals surface area contributed by atoms with Crippen molar-refractivity contribution in [2.45, 2.75) is 38.1 Å². The van der Waals surface area contributed by atoms with E-state index in [9.17, 15) is 4.79 Å². The van der Waals surface area contributed by atoms with E-state index in [0.717, 1.165) is 31.2 Å². The molecule has 0 aliphatic heterocycles. The molecule has 1 fully saturated rings. The van der Waals surface area contributed by atoms with E-state index in [2.05, 4.69) is 15.4 Å². The maximum absolute atomic E-state index is 12.1. The average Bonchev–Trinajstić information content (AvgIpc) is 2.83. The van der Waals surface area contributed by atoms with Crippen LogP contribution < -0.4 is 0 Å². The van der Waals surface area contributed by atoms with Gasteiger partial charge in [0.2, 0.25) is 5.82 Å². The van der Waals surface area contributed by atoms with Gasteiger partial charge in [-0.2, -0.15) is 4.80 Å². The first-order valence-corrected chi connectivity index (χ1v) is 7.20. The number of nitrogens with zero attached hydrogens (tertiary/aromatic N) is 4. The second kappa shape index (κ2) is 5.71. The Bertz CT molecular complexity index is 608. The SMILES string of the molecule is O=C1CCCCCC1n1nnc(-c2ccc(Cl)cc2)n1. The number of hydrogen-bond donors (Lipinski definition) is 0. The van der Waals surface area contributed by atoms with Gasteiger partial charge < -0.3 is 0 Å². The summed E-state index contributed by atoms with van der Waals surface area (Å²) < 4.78 is 0. The molecule has 1 aromatic heterocycles. The molecule has 3 rings (SSSR count). The highest BCUT2D eigenvalue weighted by Gasteiger charge is 2.25. The summed E-state index contributed by atoms with van der Waals surface area (Å²) >= 11 is 5.86. The van der Waals surface area contributed by atoms with Crippen LogP contribution in [0.3, 0.4) is 0 Å². The molecule has 1 aromatic carbocycles. The summed E-state index contributed by atoms with van der Waals surface area (Å²) in [5.41, 5.74) is 0.849. The molecule has 2 aromatic rings. The van der Waals surface area contributed by atoms with Gasteiger partial charge in [0, 0.05) is 17.0 Å². The van der Waals surface area contributed by atoms with E-state index in [-0.39, 0.29) is 11.8 Å². The number of halogens is 1. The minimum atomic E-state index is -0.258. The van der Waals surface area contributed by atoms with Crippen LogP contribution in [0.5, 0.6) is 0 Å². The Morgan fingerprint density at radius 3 is 2.75 bits per heavy atom. The van der Waals surface area contributed by atoms with Crippen LogP contribution in [0.25, 0.3) is 11.4 Å². The fourth-order valence-corrected chi connectivity index (χ4v) is 2.58. The number of carbonyl (C=O) groups excluding carboxylic acids is 1. The summed E-state index contributed by atoms with van der Waals surface area (Å²) in [5.74, 6) is 0.737. The van der Waals surface area contributed by atoms with Crippen molar-refractivity contribution in [2.24, 2.45) is 0 Å². The number of rotatable bonds is 2. The van der Waals surface area contributed by atoms with Gasteiger partial charge in [0.1, 0.15) is 6.04 Å². The topological polar surface area (TPSA) is 60.7 Å². The van der Waals surface area contributed by atoms with Crippen molar-refractivity contribution in [3.8, 4) is 11.4 Å². The third kappa shape index (κ3) is 2.72. The fourth-order valence-electron chi connectivity index (χ4n) is 2.46. The van der Waals surface area contributed by atoms with Crippen LogP contribution in [0.4, 0.5) is 0 Å². The van der Waals surface area contributed by atoms with Crippen LogP contribution in [0, 0.1) is 0 Å². The number of ketones is 1. The molecule has 1 aliphatic carbocycles. The fraction of sp³-hybridized carbons (Fsp3) is 0.429. The molecular weight excluding hydrogens is 276 g/mol. The Balaban J connectivity index is 1.85. The first kappa shape index (κ1) is 13.2. The Hall–Kier alpha value is -1.75. The lowest BCUT2D eigenvalue weighted by Gasteiger charge is -2.10. The lowest BCUT2D eigenvalue weighted by atomic mass is 10.1. The van der Waals surface area contributed by atoms with Crippen LogP contribution >= 0.6 is 11.6 Å². The lowest BCUT2D eigenvalue weighted by molar-refractivity contribution is -0.122. The zero-order valence-electron chi connectivity index (χ0n) is 11.0. The number of carbonyl (C=O) groups is 1. The second-order valence-corrected chi connectivity index (χ2v) is 5.46. The molecule has 20 heavy (non-hydrogen) atoms. The summed E-state index contributed by atoms with van der Waals surface area (Å²) in [6, 6.07) is 7.01. The highest BCUT2D eigenvalue weighted by Crippen LogP contribution is 2.24. The van der Waals surface area contributed by atoms with E-state index in [1.807, 2.05) is 12.1 Å². The van der Waals surface area contributed by atoms with E-state index in [4.69, 9.17) is 11.6 Å². The molecule has 1 heterocycles. The molecule has 1 atom stereocenters. The van der Waals surface area contributed by atoms with Gasteiger partial charge in [0.05, 0.1) is 0 Å². The molecule has 0 N–H and O–H groups in total. The summed E-state index contributed by atoms with van der Waals surface area (Å²) in [6.07, 6.45) is 4.51. The van der Waals surface area contributed by atoms with Gasteiger partial charge in [-0.05, 0) is 42.3 Å². The Kier molecular flexibility index (Phi) is 3.78. The average molecular weight is 291 g/mol. The molecule has 0 spiro atoms. The molecule has 5 nitrogen and oxygen atoms in total. The van der Waals surface area contributed by atoms with E-state index in [1.54, 1.807) is 12.1 Å². The van der Waals surface area contributed by atoms with Crippen molar-refractivity contribution in [3.05, 3.63) is 29.3 Å². The van der Waals surface area contributed by atoms with Crippen molar-refractivity contribution in [2.75, 3.05) is 0 Å². The van der Waals surface area contributed by atoms with Crippen molar-refractivity contribution in [1.82, 2.24) is 20.2 Å². The van der Waals surface area contributed by atoms with Crippen LogP contribution in [0.15, 0.2) is 24.3 Å². The third-order valence-electron chi connectivity index (χ3n) is 3.58. The molecule has 0 saturated heterocycles. The minimum Gasteiger partial charge on any atom is -0.297 e. The standard InChI is InChI=1S/C14H15ClN4O/c15-11-8-6-10(7-9-11)14-16-18-19(17-14)12-4-2-1-3-5-13(12)20/h6-9,12H,1-5H2. The minimum absolute atomic E-state index is 0.211. The maximum Gasteiger partial charge on any atom is 0.204 e. The van der Waals surface area contributed by atoms with Crippen LogP contribution in [-0.4, -0.2) is 26.0 Å². The van der Waals surface area contributed by atoms with Crippen molar-refractivity contribution < 1.29 is 4.79 Å². The summed E-state index contributed by atoms with van der Waals surface area (Å²) in [7, 11) is 0. The molecule has 0 bridgehead atoms.